The summed E-state index contributed by atoms with van der Waals surface area (Å²) in [4.78, 5) is 11.3. The van der Waals surface area contributed by atoms with Gasteiger partial charge < -0.3 is 14.2 Å². The van der Waals surface area contributed by atoms with Crippen LogP contribution >= 0.6 is 0 Å². The highest BCUT2D eigenvalue weighted by Crippen LogP contribution is 2.26. The van der Waals surface area contributed by atoms with Crippen molar-refractivity contribution in [2.75, 3.05) is 25.1 Å². The van der Waals surface area contributed by atoms with Crippen LogP contribution in [-0.4, -0.2) is 44.3 Å². The lowest BCUT2D eigenvalue weighted by atomic mass is 10.1. The number of benzene rings is 1. The van der Waals surface area contributed by atoms with Crippen molar-refractivity contribution in [1.29, 1.82) is 0 Å². The van der Waals surface area contributed by atoms with Gasteiger partial charge in [-0.2, -0.15) is 4.52 Å². The van der Waals surface area contributed by atoms with E-state index in [0.717, 1.165) is 53.1 Å². The van der Waals surface area contributed by atoms with Crippen LogP contribution in [-0.2, 0) is 6.42 Å². The minimum Gasteiger partial charge on any atom is -0.495 e. The van der Waals surface area contributed by atoms with Crippen LogP contribution in [0.4, 0.5) is 5.82 Å². The predicted molar refractivity (Wildman–Crippen MR) is 114 cm³/mol. The van der Waals surface area contributed by atoms with Gasteiger partial charge in [0.05, 0.1) is 24.8 Å². The second-order valence-corrected chi connectivity index (χ2v) is 6.96. The summed E-state index contributed by atoms with van der Waals surface area (Å²) in [5.41, 5.74) is 3.89. The molecule has 0 fully saturated rings. The molecule has 3 heterocycles. The second-order valence-electron chi connectivity index (χ2n) is 6.96. The first kappa shape index (κ1) is 19.0. The molecular weight excluding hydrogens is 364 g/mol. The van der Waals surface area contributed by atoms with E-state index < -0.39 is 0 Å². The Morgan fingerprint density at radius 1 is 1.10 bits per heavy atom. The molecule has 3 aromatic heterocycles. The Hall–Kier alpha value is -3.35. The van der Waals surface area contributed by atoms with E-state index in [1.54, 1.807) is 13.4 Å². The number of methoxy groups -OCH3 is 1. The lowest BCUT2D eigenvalue weighted by molar-refractivity contribution is 0.412. The highest BCUT2D eigenvalue weighted by atomic mass is 16.5. The summed E-state index contributed by atoms with van der Waals surface area (Å²) >= 11 is 0. The first-order chi connectivity index (χ1) is 14.1. The fourth-order valence-corrected chi connectivity index (χ4v) is 3.58. The Balaban J connectivity index is 1.65. The summed E-state index contributed by atoms with van der Waals surface area (Å²) in [6.07, 6.45) is 4.42. The quantitative estimate of drug-likeness (QED) is 0.482. The van der Waals surface area contributed by atoms with Crippen LogP contribution in [0.2, 0.25) is 0 Å². The fraction of sp³-hybridized carbons (Fsp3) is 0.318. The van der Waals surface area contributed by atoms with Gasteiger partial charge in [0.25, 0.3) is 0 Å². The Labute approximate surface area is 170 Å². The van der Waals surface area contributed by atoms with Crippen molar-refractivity contribution in [3.05, 3.63) is 66.0 Å². The number of fused-ring (bicyclic) bond motifs is 1. The third kappa shape index (κ3) is 3.68. The first-order valence-corrected chi connectivity index (χ1v) is 9.90. The molecule has 0 amide bonds. The fourth-order valence-electron chi connectivity index (χ4n) is 3.58. The van der Waals surface area contributed by atoms with E-state index in [1.807, 2.05) is 46.5 Å². The minimum atomic E-state index is 0.638. The largest absolute Gasteiger partial charge is 0.495 e. The topological polar surface area (TPSA) is 60.5 Å². The molecule has 0 saturated carbocycles. The van der Waals surface area contributed by atoms with E-state index in [4.69, 9.17) is 14.8 Å². The van der Waals surface area contributed by atoms with Crippen molar-refractivity contribution in [3.63, 3.8) is 0 Å². The minimum absolute atomic E-state index is 0.638. The van der Waals surface area contributed by atoms with Crippen LogP contribution in [0.5, 0.6) is 5.75 Å². The molecular formula is C22H26N6O. The molecule has 0 radical (unpaired) electrons. The molecule has 150 valence electrons. The van der Waals surface area contributed by atoms with Gasteiger partial charge in [-0.15, -0.1) is 5.10 Å². The lowest BCUT2D eigenvalue weighted by Gasteiger charge is -2.20. The number of rotatable bonds is 7. The number of aromatic nitrogens is 5. The summed E-state index contributed by atoms with van der Waals surface area (Å²) < 4.78 is 9.53. The highest BCUT2D eigenvalue weighted by Gasteiger charge is 2.13. The molecule has 7 nitrogen and oxygen atoms in total. The monoisotopic (exact) mass is 390 g/mol. The maximum absolute atomic E-state index is 5.62. The summed E-state index contributed by atoms with van der Waals surface area (Å²) in [6.45, 7) is 8.12. The molecule has 29 heavy (non-hydrogen) atoms. The van der Waals surface area contributed by atoms with Gasteiger partial charge in [-0.05, 0) is 50.6 Å². The van der Waals surface area contributed by atoms with Gasteiger partial charge >= 0.3 is 0 Å². The van der Waals surface area contributed by atoms with Gasteiger partial charge in [-0.1, -0.05) is 12.1 Å². The molecule has 7 heteroatoms. The first-order valence-electron chi connectivity index (χ1n) is 9.90. The molecule has 0 aliphatic carbocycles. The molecule has 4 rings (SSSR count). The molecule has 0 unspecified atom stereocenters. The van der Waals surface area contributed by atoms with Crippen LogP contribution in [0.1, 0.15) is 30.9 Å². The maximum Gasteiger partial charge on any atom is 0.158 e. The molecule has 0 saturated heterocycles. The zero-order valence-electron chi connectivity index (χ0n) is 17.3. The van der Waals surface area contributed by atoms with Crippen molar-refractivity contribution < 1.29 is 4.74 Å². The molecule has 0 atom stereocenters. The van der Waals surface area contributed by atoms with Gasteiger partial charge in [0.2, 0.25) is 0 Å². The van der Waals surface area contributed by atoms with Gasteiger partial charge in [-0.25, -0.2) is 9.97 Å². The Bertz CT molecular complexity index is 1130. The number of hydrogen-bond acceptors (Lipinski definition) is 5. The molecule has 0 bridgehead atoms. The van der Waals surface area contributed by atoms with Crippen molar-refractivity contribution in [2.45, 2.75) is 27.2 Å². The van der Waals surface area contributed by atoms with Crippen molar-refractivity contribution >= 4 is 11.5 Å². The number of ether oxygens (including phenoxy) is 1. The Kier molecular flexibility index (Phi) is 5.20. The zero-order chi connectivity index (χ0) is 20.4. The molecule has 0 aliphatic rings. The van der Waals surface area contributed by atoms with Gasteiger partial charge in [0.15, 0.2) is 11.5 Å². The number of pyridine rings is 1. The normalized spacial score (nSPS) is 11.2. The third-order valence-corrected chi connectivity index (χ3v) is 5.07. The predicted octanol–water partition coefficient (Wildman–Crippen LogP) is 3.67. The van der Waals surface area contributed by atoms with E-state index in [1.165, 1.54) is 0 Å². The highest BCUT2D eigenvalue weighted by molar-refractivity contribution is 5.52. The third-order valence-electron chi connectivity index (χ3n) is 5.07. The Morgan fingerprint density at radius 3 is 2.62 bits per heavy atom. The molecule has 0 aliphatic heterocycles. The van der Waals surface area contributed by atoms with E-state index in [9.17, 15) is 0 Å². The van der Waals surface area contributed by atoms with E-state index in [-0.39, 0.29) is 0 Å². The average Bonchev–Trinajstić information content (AvgIpc) is 3.35. The lowest BCUT2D eigenvalue weighted by Crippen LogP contribution is -2.24. The van der Waals surface area contributed by atoms with E-state index >= 15 is 0 Å². The molecule has 1 aromatic carbocycles. The van der Waals surface area contributed by atoms with E-state index in [0.29, 0.717) is 6.42 Å². The van der Waals surface area contributed by atoms with E-state index in [2.05, 4.69) is 35.9 Å². The van der Waals surface area contributed by atoms with Crippen LogP contribution in [0, 0.1) is 6.92 Å². The Morgan fingerprint density at radius 2 is 1.93 bits per heavy atom. The van der Waals surface area contributed by atoms with Crippen molar-refractivity contribution in [2.24, 2.45) is 0 Å². The number of imidazole rings is 1. The standard InChI is InChI=1S/C22H26N6O/c1-5-26(6-2)22-9-7-8-21-24-20(25-28(21)22)13-17-10-11-18(19(12-17)29-4)27-14-16(3)23-15-27/h7-12,14-15H,5-6,13H2,1-4H3. The number of aryl methyl sites for hydroxylation is 1. The number of anilines is 1. The summed E-state index contributed by atoms with van der Waals surface area (Å²) in [5.74, 6) is 2.65. The summed E-state index contributed by atoms with van der Waals surface area (Å²) in [7, 11) is 1.69. The van der Waals surface area contributed by atoms with Crippen LogP contribution in [0.25, 0.3) is 11.3 Å². The molecule has 0 spiro atoms. The van der Waals surface area contributed by atoms with Crippen LogP contribution in [0.3, 0.4) is 0 Å². The molecule has 0 N–H and O–H groups in total. The van der Waals surface area contributed by atoms with Crippen molar-refractivity contribution in [1.82, 2.24) is 24.1 Å². The van der Waals surface area contributed by atoms with Gasteiger partial charge in [0.1, 0.15) is 11.6 Å². The summed E-state index contributed by atoms with van der Waals surface area (Å²) in [5, 5.41) is 4.77. The average molecular weight is 390 g/mol. The van der Waals surface area contributed by atoms with Crippen LogP contribution < -0.4 is 9.64 Å². The SMILES string of the molecule is CCN(CC)c1cccc2nc(Cc3ccc(-n4cnc(C)c4)c(OC)c3)nn12. The smallest absolute Gasteiger partial charge is 0.158 e. The van der Waals surface area contributed by atoms with Crippen molar-refractivity contribution in [3.8, 4) is 11.4 Å². The number of nitrogens with zero attached hydrogens (tertiary/aromatic N) is 6. The van der Waals surface area contributed by atoms with Crippen LogP contribution in [0.15, 0.2) is 48.9 Å². The second kappa shape index (κ2) is 7.95. The summed E-state index contributed by atoms with van der Waals surface area (Å²) in [6, 6.07) is 12.3. The molecule has 4 aromatic rings. The zero-order valence-corrected chi connectivity index (χ0v) is 17.3. The number of hydrogen-bond donors (Lipinski definition) is 0. The van der Waals surface area contributed by atoms with Gasteiger partial charge in [0, 0.05) is 25.7 Å². The van der Waals surface area contributed by atoms with Gasteiger partial charge in [-0.3, -0.25) is 0 Å². The maximum atomic E-state index is 5.62.